The standard InChI is InChI=1S/C12H21N3O3S2/c1-4-20(17,18)10-8(13)9(11(14)16)19-12(10)15-6-5-7(2)3/h7,15H,4-6,13H2,1-3H3,(H2,14,16). The van der Waals surface area contributed by atoms with Crippen LogP contribution in [0.3, 0.4) is 0 Å². The highest BCUT2D eigenvalue weighted by Gasteiger charge is 2.27. The Balaban J connectivity index is 3.21. The summed E-state index contributed by atoms with van der Waals surface area (Å²) in [5.74, 6) is -0.302. The van der Waals surface area contributed by atoms with Crippen LogP contribution in [0.1, 0.15) is 36.9 Å². The molecule has 5 N–H and O–H groups in total. The molecule has 0 aliphatic carbocycles. The van der Waals surface area contributed by atoms with Crippen molar-refractivity contribution in [2.24, 2.45) is 11.7 Å². The number of hydrogen-bond donors (Lipinski definition) is 3. The lowest BCUT2D eigenvalue weighted by molar-refractivity contribution is 0.100. The number of amides is 1. The van der Waals surface area contributed by atoms with Gasteiger partial charge in [0.05, 0.1) is 11.4 Å². The van der Waals surface area contributed by atoms with Crippen LogP contribution in [0.15, 0.2) is 4.90 Å². The molecule has 0 saturated heterocycles. The Morgan fingerprint density at radius 1 is 1.40 bits per heavy atom. The summed E-state index contributed by atoms with van der Waals surface area (Å²) in [6.45, 7) is 6.29. The Kier molecular flexibility index (Phi) is 5.41. The van der Waals surface area contributed by atoms with Crippen molar-refractivity contribution in [3.8, 4) is 0 Å². The van der Waals surface area contributed by atoms with E-state index < -0.39 is 15.7 Å². The molecule has 0 saturated carbocycles. The van der Waals surface area contributed by atoms with Crippen molar-refractivity contribution in [3.63, 3.8) is 0 Å². The molecule has 0 fully saturated rings. The first-order chi connectivity index (χ1) is 9.20. The third kappa shape index (κ3) is 3.63. The summed E-state index contributed by atoms with van der Waals surface area (Å²) < 4.78 is 24.2. The van der Waals surface area contributed by atoms with Crippen molar-refractivity contribution in [3.05, 3.63) is 4.88 Å². The van der Waals surface area contributed by atoms with Gasteiger partial charge in [0.15, 0.2) is 9.84 Å². The van der Waals surface area contributed by atoms with Gasteiger partial charge in [-0.25, -0.2) is 8.42 Å². The van der Waals surface area contributed by atoms with Crippen LogP contribution < -0.4 is 16.8 Å². The molecule has 0 spiro atoms. The maximum Gasteiger partial charge on any atom is 0.261 e. The summed E-state index contributed by atoms with van der Waals surface area (Å²) in [6.07, 6.45) is 0.884. The summed E-state index contributed by atoms with van der Waals surface area (Å²) in [4.78, 5) is 11.4. The molecule has 0 aliphatic rings. The number of hydrogen-bond acceptors (Lipinski definition) is 6. The second-order valence-electron chi connectivity index (χ2n) is 4.88. The lowest BCUT2D eigenvalue weighted by Gasteiger charge is -2.09. The highest BCUT2D eigenvalue weighted by Crippen LogP contribution is 2.39. The quantitative estimate of drug-likeness (QED) is 0.707. The normalized spacial score (nSPS) is 11.8. The van der Waals surface area contributed by atoms with Gasteiger partial charge in [0.1, 0.15) is 14.8 Å². The Morgan fingerprint density at radius 3 is 2.45 bits per heavy atom. The highest BCUT2D eigenvalue weighted by molar-refractivity contribution is 7.91. The second-order valence-corrected chi connectivity index (χ2v) is 8.12. The molecule has 6 nitrogen and oxygen atoms in total. The average molecular weight is 319 g/mol. The van der Waals surface area contributed by atoms with E-state index in [2.05, 4.69) is 19.2 Å². The van der Waals surface area contributed by atoms with Crippen molar-refractivity contribution in [2.75, 3.05) is 23.3 Å². The summed E-state index contributed by atoms with van der Waals surface area (Å²) >= 11 is 0.998. The van der Waals surface area contributed by atoms with Gasteiger partial charge in [0, 0.05) is 6.54 Å². The molecule has 0 aliphatic heterocycles. The molecule has 1 heterocycles. The molecule has 20 heavy (non-hydrogen) atoms. The molecule has 0 unspecified atom stereocenters. The minimum Gasteiger partial charge on any atom is -0.396 e. The van der Waals surface area contributed by atoms with Gasteiger partial charge in [-0.1, -0.05) is 20.8 Å². The largest absolute Gasteiger partial charge is 0.396 e. The van der Waals surface area contributed by atoms with Crippen molar-refractivity contribution in [1.82, 2.24) is 0 Å². The van der Waals surface area contributed by atoms with Gasteiger partial charge in [-0.05, 0) is 12.3 Å². The van der Waals surface area contributed by atoms with Crippen LogP contribution in [0.5, 0.6) is 0 Å². The van der Waals surface area contributed by atoms with E-state index in [9.17, 15) is 13.2 Å². The van der Waals surface area contributed by atoms with Gasteiger partial charge >= 0.3 is 0 Å². The molecule has 8 heteroatoms. The number of carbonyl (C=O) groups excluding carboxylic acids is 1. The van der Waals surface area contributed by atoms with E-state index in [1.165, 1.54) is 6.92 Å². The van der Waals surface area contributed by atoms with E-state index in [-0.39, 0.29) is 21.2 Å². The Bertz CT molecular complexity index is 591. The van der Waals surface area contributed by atoms with Gasteiger partial charge in [0.2, 0.25) is 0 Å². The third-order valence-electron chi connectivity index (χ3n) is 2.82. The molecular weight excluding hydrogens is 298 g/mol. The highest BCUT2D eigenvalue weighted by atomic mass is 32.2. The molecule has 0 aromatic carbocycles. The van der Waals surface area contributed by atoms with Crippen LogP contribution in [0, 0.1) is 5.92 Å². The fraction of sp³-hybridized carbons (Fsp3) is 0.583. The van der Waals surface area contributed by atoms with Crippen molar-refractivity contribution in [2.45, 2.75) is 32.1 Å². The number of nitrogens with one attached hydrogen (secondary N) is 1. The summed E-state index contributed by atoms with van der Waals surface area (Å²) in [6, 6.07) is 0. The fourth-order valence-corrected chi connectivity index (χ4v) is 4.20. The van der Waals surface area contributed by atoms with E-state index in [1.54, 1.807) is 0 Å². The predicted molar refractivity (Wildman–Crippen MR) is 82.9 cm³/mol. The molecule has 1 aromatic heterocycles. The zero-order valence-corrected chi connectivity index (χ0v) is 13.5. The van der Waals surface area contributed by atoms with Crippen LogP contribution in [0.2, 0.25) is 0 Å². The number of carbonyl (C=O) groups is 1. The first-order valence-electron chi connectivity index (χ1n) is 6.39. The summed E-state index contributed by atoms with van der Waals surface area (Å²) in [5.41, 5.74) is 11.0. The fourth-order valence-electron chi connectivity index (χ4n) is 1.66. The summed E-state index contributed by atoms with van der Waals surface area (Å²) in [5, 5.41) is 3.45. The average Bonchev–Trinajstić information content (AvgIpc) is 2.66. The van der Waals surface area contributed by atoms with E-state index >= 15 is 0 Å². The van der Waals surface area contributed by atoms with E-state index in [0.717, 1.165) is 17.8 Å². The van der Waals surface area contributed by atoms with E-state index in [1.807, 2.05) is 0 Å². The Labute approximate surface area is 123 Å². The second kappa shape index (κ2) is 6.45. The molecule has 0 bridgehead atoms. The predicted octanol–water partition coefficient (Wildman–Crippen LogP) is 1.68. The Hall–Kier alpha value is -1.28. The number of sulfone groups is 1. The molecule has 1 aromatic rings. The maximum absolute atomic E-state index is 12.1. The van der Waals surface area contributed by atoms with E-state index in [0.29, 0.717) is 17.5 Å². The first kappa shape index (κ1) is 16.8. The molecule has 114 valence electrons. The lowest BCUT2D eigenvalue weighted by atomic mass is 10.1. The number of thiophene rings is 1. The van der Waals surface area contributed by atoms with Crippen molar-refractivity contribution >= 4 is 37.8 Å². The van der Waals surface area contributed by atoms with Gasteiger partial charge in [-0.15, -0.1) is 11.3 Å². The van der Waals surface area contributed by atoms with Crippen LogP contribution in [-0.2, 0) is 9.84 Å². The number of primary amides is 1. The summed E-state index contributed by atoms with van der Waals surface area (Å²) in [7, 11) is -3.51. The minimum absolute atomic E-state index is 0.00237. The Morgan fingerprint density at radius 2 is 2.00 bits per heavy atom. The number of nitrogen functional groups attached to an aromatic ring is 1. The third-order valence-corrected chi connectivity index (χ3v) is 5.93. The van der Waals surface area contributed by atoms with Crippen LogP contribution in [0.25, 0.3) is 0 Å². The molecule has 1 amide bonds. The van der Waals surface area contributed by atoms with Crippen LogP contribution >= 0.6 is 11.3 Å². The SMILES string of the molecule is CCS(=O)(=O)c1c(NCCC(C)C)sc(C(N)=O)c1N. The topological polar surface area (TPSA) is 115 Å². The zero-order chi connectivity index (χ0) is 15.5. The van der Waals surface area contributed by atoms with Crippen LogP contribution in [0.4, 0.5) is 10.7 Å². The molecule has 0 atom stereocenters. The monoisotopic (exact) mass is 319 g/mol. The number of rotatable bonds is 7. The van der Waals surface area contributed by atoms with Crippen molar-refractivity contribution in [1.29, 1.82) is 0 Å². The molecule has 0 radical (unpaired) electrons. The number of nitrogens with two attached hydrogens (primary N) is 2. The maximum atomic E-state index is 12.1. The zero-order valence-electron chi connectivity index (χ0n) is 11.9. The van der Waals surface area contributed by atoms with Gasteiger partial charge < -0.3 is 16.8 Å². The van der Waals surface area contributed by atoms with Crippen LogP contribution in [-0.4, -0.2) is 26.6 Å². The van der Waals surface area contributed by atoms with Gasteiger partial charge in [0.25, 0.3) is 5.91 Å². The minimum atomic E-state index is -3.51. The molecule has 1 rings (SSSR count). The van der Waals surface area contributed by atoms with Gasteiger partial charge in [-0.3, -0.25) is 4.79 Å². The lowest BCUT2D eigenvalue weighted by Crippen LogP contribution is -2.13. The molecular formula is C12H21N3O3S2. The van der Waals surface area contributed by atoms with Crippen molar-refractivity contribution < 1.29 is 13.2 Å². The first-order valence-corrected chi connectivity index (χ1v) is 8.86. The smallest absolute Gasteiger partial charge is 0.261 e. The number of anilines is 2. The van der Waals surface area contributed by atoms with Gasteiger partial charge in [-0.2, -0.15) is 0 Å². The van der Waals surface area contributed by atoms with E-state index in [4.69, 9.17) is 11.5 Å².